The van der Waals surface area contributed by atoms with Crippen LogP contribution in [-0.2, 0) is 11.3 Å². The Labute approximate surface area is 240 Å². The van der Waals surface area contributed by atoms with Crippen LogP contribution < -0.4 is 10.9 Å². The van der Waals surface area contributed by atoms with Crippen LogP contribution >= 0.6 is 23.2 Å². The minimum Gasteiger partial charge on any atom is -0.388 e. The molecule has 40 heavy (non-hydrogen) atoms. The van der Waals surface area contributed by atoms with Crippen LogP contribution in [0.25, 0.3) is 16.7 Å². The number of carbonyl (C=O) groups excluding carboxylic acids is 1. The molecular formula is C29H29Cl2N5O4. The summed E-state index contributed by atoms with van der Waals surface area (Å²) in [7, 11) is 0. The number of aliphatic hydroxyl groups is 1. The summed E-state index contributed by atoms with van der Waals surface area (Å²) in [6, 6.07) is 16.4. The molecule has 2 fully saturated rings. The van der Waals surface area contributed by atoms with Crippen molar-refractivity contribution in [3.63, 3.8) is 0 Å². The Morgan fingerprint density at radius 2 is 1.82 bits per heavy atom. The van der Waals surface area contributed by atoms with Gasteiger partial charge in [-0.05, 0) is 60.9 Å². The number of ether oxygens (including phenoxy) is 1. The summed E-state index contributed by atoms with van der Waals surface area (Å²) in [6.45, 7) is 2.97. The van der Waals surface area contributed by atoms with Crippen molar-refractivity contribution in [2.24, 2.45) is 0 Å². The van der Waals surface area contributed by atoms with E-state index in [0.717, 1.165) is 17.8 Å². The van der Waals surface area contributed by atoms with Gasteiger partial charge in [0.1, 0.15) is 11.5 Å². The van der Waals surface area contributed by atoms with E-state index < -0.39 is 5.60 Å². The first-order valence-corrected chi connectivity index (χ1v) is 14.0. The maximum atomic E-state index is 13.4. The minimum absolute atomic E-state index is 0.0751. The first-order chi connectivity index (χ1) is 19.3. The Bertz CT molecular complexity index is 1590. The van der Waals surface area contributed by atoms with Crippen molar-refractivity contribution in [3.8, 4) is 5.69 Å². The van der Waals surface area contributed by atoms with Crippen molar-refractivity contribution < 1.29 is 14.6 Å². The van der Waals surface area contributed by atoms with Crippen LogP contribution in [0.5, 0.6) is 0 Å². The van der Waals surface area contributed by atoms with Crippen LogP contribution in [0.1, 0.15) is 34.8 Å². The van der Waals surface area contributed by atoms with E-state index in [1.54, 1.807) is 39.8 Å². The van der Waals surface area contributed by atoms with E-state index in [1.807, 2.05) is 24.3 Å². The second kappa shape index (κ2) is 11.0. The standard InChI is InChI=1S/C29H29Cl2N5O4/c30-21-5-1-20(2-6-21)27(37)34-12-9-29(39,10-13-34)17-35-18-33-26-23(28(35)38)15-25(31)36(26)22-7-3-19(4-8-22)24-16-40-14-11-32-24/h1-8,15,18,24,32,39H,9-14,16-17H2/t24-/m0/s1. The number of morpholine rings is 1. The van der Waals surface area contributed by atoms with Crippen molar-refractivity contribution in [1.29, 1.82) is 0 Å². The number of likely N-dealkylation sites (tertiary alicyclic amines) is 1. The highest BCUT2D eigenvalue weighted by molar-refractivity contribution is 6.31. The lowest BCUT2D eigenvalue weighted by Crippen LogP contribution is -2.49. The number of hydrogen-bond acceptors (Lipinski definition) is 6. The van der Waals surface area contributed by atoms with E-state index in [-0.39, 0.29) is 24.1 Å². The molecule has 9 nitrogen and oxygen atoms in total. The van der Waals surface area contributed by atoms with Gasteiger partial charge in [-0.1, -0.05) is 35.3 Å². The summed E-state index contributed by atoms with van der Waals surface area (Å²) in [5, 5.41) is 16.1. The van der Waals surface area contributed by atoms with Crippen LogP contribution in [0.4, 0.5) is 0 Å². The number of fused-ring (bicyclic) bond motifs is 1. The molecule has 2 saturated heterocycles. The molecule has 0 saturated carbocycles. The van der Waals surface area contributed by atoms with Gasteiger partial charge in [-0.3, -0.25) is 18.7 Å². The predicted molar refractivity (Wildman–Crippen MR) is 153 cm³/mol. The van der Waals surface area contributed by atoms with E-state index >= 15 is 0 Å². The van der Waals surface area contributed by atoms with Gasteiger partial charge < -0.3 is 20.1 Å². The van der Waals surface area contributed by atoms with E-state index in [9.17, 15) is 14.7 Å². The van der Waals surface area contributed by atoms with Crippen LogP contribution in [0, 0.1) is 0 Å². The van der Waals surface area contributed by atoms with E-state index in [1.165, 1.54) is 10.9 Å². The third kappa shape index (κ3) is 5.27. The number of hydrogen-bond donors (Lipinski definition) is 2. The summed E-state index contributed by atoms with van der Waals surface area (Å²) in [5.74, 6) is -0.105. The quantitative estimate of drug-likeness (QED) is 0.371. The average Bonchev–Trinajstić information content (AvgIpc) is 3.32. The van der Waals surface area contributed by atoms with Gasteiger partial charge in [-0.15, -0.1) is 0 Å². The molecule has 2 aliphatic heterocycles. The van der Waals surface area contributed by atoms with Gasteiger partial charge >= 0.3 is 0 Å². The Morgan fingerprint density at radius 3 is 2.50 bits per heavy atom. The van der Waals surface area contributed by atoms with E-state index in [0.29, 0.717) is 65.9 Å². The molecular weight excluding hydrogens is 553 g/mol. The fraction of sp³-hybridized carbons (Fsp3) is 0.345. The zero-order valence-corrected chi connectivity index (χ0v) is 23.2. The second-order valence-corrected chi connectivity index (χ2v) is 11.2. The molecule has 2 N–H and O–H groups in total. The highest BCUT2D eigenvalue weighted by atomic mass is 35.5. The highest BCUT2D eigenvalue weighted by Gasteiger charge is 2.35. The summed E-state index contributed by atoms with van der Waals surface area (Å²) in [5.41, 5.74) is 1.49. The molecule has 0 bridgehead atoms. The lowest BCUT2D eigenvalue weighted by Gasteiger charge is -2.38. The third-order valence-electron chi connectivity index (χ3n) is 7.75. The molecule has 2 aromatic carbocycles. The van der Waals surface area contributed by atoms with Crippen molar-refractivity contribution in [2.45, 2.75) is 31.0 Å². The number of carbonyl (C=O) groups is 1. The summed E-state index contributed by atoms with van der Waals surface area (Å²) >= 11 is 12.5. The Morgan fingerprint density at radius 1 is 1.10 bits per heavy atom. The number of amides is 1. The number of piperidine rings is 1. The molecule has 0 aliphatic carbocycles. The fourth-order valence-electron chi connectivity index (χ4n) is 5.46. The zero-order chi connectivity index (χ0) is 27.9. The SMILES string of the molecule is O=C(c1ccc(Cl)cc1)N1CCC(O)(Cn2cnc3c(cc(Cl)n3-c3ccc([C@@H]4COCCN4)cc3)c2=O)CC1. The molecule has 6 rings (SSSR count). The smallest absolute Gasteiger partial charge is 0.262 e. The van der Waals surface area contributed by atoms with E-state index in [4.69, 9.17) is 27.9 Å². The first-order valence-electron chi connectivity index (χ1n) is 13.3. The van der Waals surface area contributed by atoms with Crippen molar-refractivity contribution in [1.82, 2.24) is 24.3 Å². The number of aromatic nitrogens is 3. The largest absolute Gasteiger partial charge is 0.388 e. The second-order valence-electron chi connectivity index (χ2n) is 10.4. The van der Waals surface area contributed by atoms with Crippen LogP contribution in [0.15, 0.2) is 65.7 Å². The van der Waals surface area contributed by atoms with Crippen molar-refractivity contribution >= 4 is 40.1 Å². The maximum Gasteiger partial charge on any atom is 0.262 e. The van der Waals surface area contributed by atoms with Gasteiger partial charge in [0.05, 0.1) is 36.8 Å². The lowest BCUT2D eigenvalue weighted by molar-refractivity contribution is -0.0299. The Hall–Kier alpha value is -3.21. The monoisotopic (exact) mass is 581 g/mol. The molecule has 208 valence electrons. The van der Waals surface area contributed by atoms with Gasteiger partial charge in [0.2, 0.25) is 0 Å². The van der Waals surface area contributed by atoms with Gasteiger partial charge in [-0.2, -0.15) is 0 Å². The fourth-order valence-corrected chi connectivity index (χ4v) is 5.87. The molecule has 0 unspecified atom stereocenters. The van der Waals surface area contributed by atoms with Crippen molar-refractivity contribution in [2.75, 3.05) is 32.8 Å². The van der Waals surface area contributed by atoms with Crippen LogP contribution in [0.3, 0.4) is 0 Å². The van der Waals surface area contributed by atoms with E-state index in [2.05, 4.69) is 10.3 Å². The molecule has 1 amide bonds. The number of benzene rings is 2. The van der Waals surface area contributed by atoms with Gasteiger partial charge in [-0.25, -0.2) is 4.98 Å². The molecule has 2 aromatic heterocycles. The van der Waals surface area contributed by atoms with Gasteiger partial charge in [0.15, 0.2) is 5.65 Å². The Balaban J connectivity index is 1.18. The molecule has 1 atom stereocenters. The zero-order valence-electron chi connectivity index (χ0n) is 21.7. The van der Waals surface area contributed by atoms with Gasteiger partial charge in [0, 0.05) is 35.9 Å². The van der Waals surface area contributed by atoms with Crippen LogP contribution in [-0.4, -0.2) is 68.5 Å². The summed E-state index contributed by atoms with van der Waals surface area (Å²) in [6.07, 6.45) is 2.13. The first kappa shape index (κ1) is 27.0. The minimum atomic E-state index is -1.14. The third-order valence-corrected chi connectivity index (χ3v) is 8.28. The molecule has 0 radical (unpaired) electrons. The molecule has 4 aromatic rings. The van der Waals surface area contributed by atoms with Crippen LogP contribution in [0.2, 0.25) is 10.2 Å². The molecule has 4 heterocycles. The number of halogens is 2. The number of rotatable bonds is 5. The normalized spacial score (nSPS) is 19.2. The molecule has 0 spiro atoms. The summed E-state index contributed by atoms with van der Waals surface area (Å²) in [4.78, 5) is 32.5. The number of nitrogens with one attached hydrogen (secondary N) is 1. The number of nitrogens with zero attached hydrogens (tertiary/aromatic N) is 4. The summed E-state index contributed by atoms with van der Waals surface area (Å²) < 4.78 is 8.74. The van der Waals surface area contributed by atoms with Gasteiger partial charge in [0.25, 0.3) is 11.5 Å². The maximum absolute atomic E-state index is 13.4. The molecule has 2 aliphatic rings. The lowest BCUT2D eigenvalue weighted by atomic mass is 9.91. The Kier molecular flexibility index (Phi) is 7.41. The molecule has 11 heteroatoms. The highest BCUT2D eigenvalue weighted by Crippen LogP contribution is 2.28. The topological polar surface area (TPSA) is 102 Å². The average molecular weight is 582 g/mol. The predicted octanol–water partition coefficient (Wildman–Crippen LogP) is 3.82. The van der Waals surface area contributed by atoms with Crippen molar-refractivity contribution in [3.05, 3.63) is 92.6 Å².